The van der Waals surface area contributed by atoms with E-state index in [9.17, 15) is 9.90 Å². The van der Waals surface area contributed by atoms with E-state index >= 15 is 0 Å². The fourth-order valence-corrected chi connectivity index (χ4v) is 2.44. The number of rotatable bonds is 5. The molecule has 1 aromatic heterocycles. The summed E-state index contributed by atoms with van der Waals surface area (Å²) in [4.78, 5) is 14.4. The zero-order valence-corrected chi connectivity index (χ0v) is 11.4. The summed E-state index contributed by atoms with van der Waals surface area (Å²) in [6.07, 6.45) is 1.59. The van der Waals surface area contributed by atoms with E-state index in [0.717, 1.165) is 10.7 Å². The zero-order chi connectivity index (χ0) is 13.7. The second-order valence-electron chi connectivity index (χ2n) is 4.12. The molecule has 5 heteroatoms. The molecule has 1 N–H and O–H groups in total. The van der Waals surface area contributed by atoms with E-state index in [4.69, 9.17) is 4.42 Å². The van der Waals surface area contributed by atoms with Crippen molar-refractivity contribution in [3.63, 3.8) is 0 Å². The fraction of sp³-hybridized carbons (Fsp3) is 0.214. The first-order valence-electron chi connectivity index (χ1n) is 5.83. The third-order valence-corrected chi connectivity index (χ3v) is 3.56. The van der Waals surface area contributed by atoms with E-state index in [1.807, 2.05) is 12.1 Å². The molecular weight excluding hydrogens is 262 g/mol. The Bertz CT molecular complexity index is 539. The van der Waals surface area contributed by atoms with E-state index < -0.39 is 0 Å². The van der Waals surface area contributed by atoms with Gasteiger partial charge in [-0.1, -0.05) is 6.07 Å². The van der Waals surface area contributed by atoms with Crippen LogP contribution in [0.25, 0.3) is 0 Å². The minimum Gasteiger partial charge on any atom is -0.508 e. The molecule has 100 valence electrons. The maximum atomic E-state index is 11.9. The summed E-state index contributed by atoms with van der Waals surface area (Å²) in [7, 11) is 1.74. The predicted molar refractivity (Wildman–Crippen MR) is 74.0 cm³/mol. The van der Waals surface area contributed by atoms with Gasteiger partial charge in [-0.3, -0.25) is 4.79 Å². The van der Waals surface area contributed by atoms with Crippen molar-refractivity contribution in [2.24, 2.45) is 0 Å². The van der Waals surface area contributed by atoms with E-state index in [1.165, 1.54) is 11.8 Å². The molecule has 0 unspecified atom stereocenters. The van der Waals surface area contributed by atoms with E-state index in [0.29, 0.717) is 12.3 Å². The highest BCUT2D eigenvalue weighted by Crippen LogP contribution is 2.22. The third kappa shape index (κ3) is 4.06. The summed E-state index contributed by atoms with van der Waals surface area (Å²) >= 11 is 1.40. The molecular formula is C14H15NO3S. The van der Waals surface area contributed by atoms with Gasteiger partial charge >= 0.3 is 0 Å². The van der Waals surface area contributed by atoms with Crippen molar-refractivity contribution >= 4 is 17.7 Å². The minimum absolute atomic E-state index is 0.0183. The topological polar surface area (TPSA) is 53.7 Å². The molecule has 1 heterocycles. The molecule has 2 aromatic rings. The maximum absolute atomic E-state index is 11.9. The standard InChI is InChI=1S/C14H15NO3S/c1-15(9-12-5-3-7-18-12)14(17)10-19-13-6-2-4-11(16)8-13/h2-8,16H,9-10H2,1H3. The number of benzene rings is 1. The summed E-state index contributed by atoms with van der Waals surface area (Å²) in [6.45, 7) is 0.465. The van der Waals surface area contributed by atoms with Gasteiger partial charge in [0.2, 0.25) is 5.91 Å². The highest BCUT2D eigenvalue weighted by atomic mass is 32.2. The molecule has 0 fully saturated rings. The summed E-state index contributed by atoms with van der Waals surface area (Å²) in [5.41, 5.74) is 0. The van der Waals surface area contributed by atoms with Crippen LogP contribution in [0.2, 0.25) is 0 Å². The Balaban J connectivity index is 1.84. The molecule has 2 rings (SSSR count). The summed E-state index contributed by atoms with van der Waals surface area (Å²) in [5, 5.41) is 9.34. The Labute approximate surface area is 116 Å². The second kappa shape index (κ2) is 6.33. The Kier molecular flexibility index (Phi) is 4.52. The molecule has 0 saturated carbocycles. The average molecular weight is 277 g/mol. The Morgan fingerprint density at radius 1 is 1.37 bits per heavy atom. The lowest BCUT2D eigenvalue weighted by molar-refractivity contribution is -0.127. The number of hydrogen-bond acceptors (Lipinski definition) is 4. The molecule has 0 aliphatic rings. The first kappa shape index (κ1) is 13.5. The van der Waals surface area contributed by atoms with E-state index in [-0.39, 0.29) is 11.7 Å². The molecule has 1 aromatic carbocycles. The molecule has 1 amide bonds. The van der Waals surface area contributed by atoms with Crippen LogP contribution < -0.4 is 0 Å². The van der Waals surface area contributed by atoms with Gasteiger partial charge in [0.25, 0.3) is 0 Å². The van der Waals surface area contributed by atoms with Gasteiger partial charge in [-0.2, -0.15) is 0 Å². The largest absolute Gasteiger partial charge is 0.508 e. The molecule has 0 atom stereocenters. The van der Waals surface area contributed by atoms with Gasteiger partial charge in [-0.15, -0.1) is 11.8 Å². The van der Waals surface area contributed by atoms with Gasteiger partial charge in [0.15, 0.2) is 0 Å². The molecule has 0 saturated heterocycles. The third-order valence-electron chi connectivity index (χ3n) is 2.58. The van der Waals surface area contributed by atoms with Crippen molar-refractivity contribution < 1.29 is 14.3 Å². The van der Waals surface area contributed by atoms with Crippen LogP contribution in [-0.2, 0) is 11.3 Å². The Morgan fingerprint density at radius 3 is 2.89 bits per heavy atom. The van der Waals surface area contributed by atoms with Gasteiger partial charge < -0.3 is 14.4 Å². The number of amides is 1. The second-order valence-corrected chi connectivity index (χ2v) is 5.16. The average Bonchev–Trinajstić information content (AvgIpc) is 2.89. The number of aromatic hydroxyl groups is 1. The Hall–Kier alpha value is -1.88. The van der Waals surface area contributed by atoms with Crippen molar-refractivity contribution in [3.05, 3.63) is 48.4 Å². The van der Waals surface area contributed by atoms with Crippen LogP contribution in [0.4, 0.5) is 0 Å². The van der Waals surface area contributed by atoms with Crippen molar-refractivity contribution in [2.75, 3.05) is 12.8 Å². The van der Waals surface area contributed by atoms with Gasteiger partial charge in [0.05, 0.1) is 18.6 Å². The SMILES string of the molecule is CN(Cc1ccco1)C(=O)CSc1cccc(O)c1. The number of hydrogen-bond donors (Lipinski definition) is 1. The van der Waals surface area contributed by atoms with Crippen LogP contribution in [0.1, 0.15) is 5.76 Å². The van der Waals surface area contributed by atoms with Gasteiger partial charge in [-0.25, -0.2) is 0 Å². The fourth-order valence-electron chi connectivity index (χ4n) is 1.55. The Morgan fingerprint density at radius 2 is 2.21 bits per heavy atom. The number of carbonyl (C=O) groups excluding carboxylic acids is 1. The smallest absolute Gasteiger partial charge is 0.233 e. The van der Waals surface area contributed by atoms with Crippen LogP contribution >= 0.6 is 11.8 Å². The number of thioether (sulfide) groups is 1. The molecule has 0 aliphatic heterocycles. The summed E-state index contributed by atoms with van der Waals surface area (Å²) in [5.74, 6) is 1.32. The van der Waals surface area contributed by atoms with Gasteiger partial charge in [0, 0.05) is 11.9 Å². The van der Waals surface area contributed by atoms with Crippen molar-refractivity contribution in [3.8, 4) is 5.75 Å². The number of nitrogens with zero attached hydrogens (tertiary/aromatic N) is 1. The van der Waals surface area contributed by atoms with Crippen molar-refractivity contribution in [1.29, 1.82) is 0 Å². The predicted octanol–water partition coefficient (Wildman–Crippen LogP) is 2.74. The normalized spacial score (nSPS) is 10.4. The van der Waals surface area contributed by atoms with Crippen molar-refractivity contribution in [1.82, 2.24) is 4.90 Å². The first-order valence-corrected chi connectivity index (χ1v) is 6.82. The lowest BCUT2D eigenvalue weighted by Gasteiger charge is -2.15. The maximum Gasteiger partial charge on any atom is 0.233 e. The van der Waals surface area contributed by atoms with Crippen LogP contribution in [0, 0.1) is 0 Å². The van der Waals surface area contributed by atoms with E-state index in [2.05, 4.69) is 0 Å². The monoisotopic (exact) mass is 277 g/mol. The molecule has 0 aliphatic carbocycles. The zero-order valence-electron chi connectivity index (χ0n) is 10.6. The van der Waals surface area contributed by atoms with Crippen LogP contribution in [-0.4, -0.2) is 28.7 Å². The van der Waals surface area contributed by atoms with Crippen LogP contribution in [0.5, 0.6) is 5.75 Å². The van der Waals surface area contributed by atoms with Gasteiger partial charge in [-0.05, 0) is 30.3 Å². The van der Waals surface area contributed by atoms with Crippen molar-refractivity contribution in [2.45, 2.75) is 11.4 Å². The number of furan rings is 1. The molecule has 0 spiro atoms. The highest BCUT2D eigenvalue weighted by Gasteiger charge is 2.11. The van der Waals surface area contributed by atoms with Gasteiger partial charge in [0.1, 0.15) is 11.5 Å². The first-order chi connectivity index (χ1) is 9.15. The summed E-state index contributed by atoms with van der Waals surface area (Å²) < 4.78 is 5.20. The highest BCUT2D eigenvalue weighted by molar-refractivity contribution is 8.00. The molecule has 4 nitrogen and oxygen atoms in total. The van der Waals surface area contributed by atoms with E-state index in [1.54, 1.807) is 42.5 Å². The quantitative estimate of drug-likeness (QED) is 0.854. The number of phenolic OH excluding ortho intramolecular Hbond substituents is 1. The summed E-state index contributed by atoms with van der Waals surface area (Å²) in [6, 6.07) is 10.5. The lowest BCUT2D eigenvalue weighted by atomic mass is 10.3. The number of carbonyl (C=O) groups is 1. The molecule has 0 radical (unpaired) electrons. The molecule has 19 heavy (non-hydrogen) atoms. The number of phenols is 1. The molecule has 0 bridgehead atoms. The lowest BCUT2D eigenvalue weighted by Crippen LogP contribution is -2.27. The van der Waals surface area contributed by atoms with Crippen LogP contribution in [0.3, 0.4) is 0 Å². The van der Waals surface area contributed by atoms with Crippen LogP contribution in [0.15, 0.2) is 52.0 Å². The minimum atomic E-state index is 0.0183.